The fourth-order valence-corrected chi connectivity index (χ4v) is 3.21. The normalized spacial score (nSPS) is 13.8. The summed E-state index contributed by atoms with van der Waals surface area (Å²) in [6.07, 6.45) is 3.26. The van der Waals surface area contributed by atoms with Crippen LogP contribution in [-0.2, 0) is 4.79 Å². The smallest absolute Gasteiger partial charge is 0.260 e. The van der Waals surface area contributed by atoms with Gasteiger partial charge in [0.05, 0.1) is 0 Å². The van der Waals surface area contributed by atoms with Crippen LogP contribution in [0.25, 0.3) is 0 Å². The molecule has 30 heavy (non-hydrogen) atoms. The van der Waals surface area contributed by atoms with Crippen molar-refractivity contribution in [2.45, 2.75) is 6.92 Å². The van der Waals surface area contributed by atoms with E-state index < -0.39 is 0 Å². The summed E-state index contributed by atoms with van der Waals surface area (Å²) in [5.41, 5.74) is 1.16. The van der Waals surface area contributed by atoms with Crippen molar-refractivity contribution >= 4 is 23.4 Å². The molecule has 0 unspecified atom stereocenters. The molecule has 8 nitrogen and oxygen atoms in total. The monoisotopic (exact) mass is 404 g/mol. The van der Waals surface area contributed by atoms with Crippen molar-refractivity contribution in [3.63, 3.8) is 0 Å². The van der Waals surface area contributed by atoms with E-state index in [1.807, 2.05) is 60.4 Å². The Bertz CT molecular complexity index is 972. The SMILES string of the molecule is Cc1ccc(OCC(=O)N2CCN(c3cc(Nc4ccccn4)ncn3)CC2)cc1. The van der Waals surface area contributed by atoms with Crippen LogP contribution in [0.2, 0.25) is 0 Å². The molecular weight excluding hydrogens is 380 g/mol. The molecule has 0 atom stereocenters. The zero-order chi connectivity index (χ0) is 20.8. The molecule has 1 amide bonds. The molecule has 3 heterocycles. The van der Waals surface area contributed by atoms with Gasteiger partial charge in [-0.15, -0.1) is 0 Å². The number of rotatable bonds is 6. The summed E-state index contributed by atoms with van der Waals surface area (Å²) in [7, 11) is 0. The molecule has 1 fully saturated rings. The third-order valence-electron chi connectivity index (χ3n) is 4.91. The van der Waals surface area contributed by atoms with E-state index in [-0.39, 0.29) is 12.5 Å². The molecule has 1 saturated heterocycles. The number of anilines is 3. The Kier molecular flexibility index (Phi) is 6.03. The maximum atomic E-state index is 12.5. The Balaban J connectivity index is 1.29. The average molecular weight is 404 g/mol. The summed E-state index contributed by atoms with van der Waals surface area (Å²) in [6.45, 7) is 4.73. The number of hydrogen-bond donors (Lipinski definition) is 1. The molecule has 3 aromatic rings. The van der Waals surface area contributed by atoms with Gasteiger partial charge >= 0.3 is 0 Å². The molecule has 0 aliphatic carbocycles. The molecule has 1 aliphatic rings. The molecule has 1 aromatic carbocycles. The Morgan fingerprint density at radius 1 is 1.00 bits per heavy atom. The Labute approximate surface area is 175 Å². The Morgan fingerprint density at radius 3 is 2.53 bits per heavy atom. The van der Waals surface area contributed by atoms with Crippen LogP contribution in [0, 0.1) is 6.92 Å². The number of benzene rings is 1. The fraction of sp³-hybridized carbons (Fsp3) is 0.273. The average Bonchev–Trinajstić information content (AvgIpc) is 2.79. The van der Waals surface area contributed by atoms with Crippen LogP contribution in [0.5, 0.6) is 5.75 Å². The first-order valence-electron chi connectivity index (χ1n) is 9.90. The van der Waals surface area contributed by atoms with Gasteiger partial charge in [0.25, 0.3) is 5.91 Å². The highest BCUT2D eigenvalue weighted by molar-refractivity contribution is 5.78. The lowest BCUT2D eigenvalue weighted by molar-refractivity contribution is -0.133. The summed E-state index contributed by atoms with van der Waals surface area (Å²) in [5.74, 6) is 2.94. The lowest BCUT2D eigenvalue weighted by atomic mass is 10.2. The standard InChI is InChI=1S/C22H24N6O2/c1-17-5-7-18(8-6-17)30-15-22(29)28-12-10-27(11-13-28)21-14-20(24-16-25-21)26-19-4-2-3-9-23-19/h2-9,14,16H,10-13,15H2,1H3,(H,23,24,25,26). The molecule has 4 rings (SSSR count). The summed E-state index contributed by atoms with van der Waals surface area (Å²) >= 11 is 0. The van der Waals surface area contributed by atoms with Gasteiger partial charge in [0.1, 0.15) is 29.5 Å². The minimum Gasteiger partial charge on any atom is -0.484 e. The first-order valence-corrected chi connectivity index (χ1v) is 9.90. The lowest BCUT2D eigenvalue weighted by Gasteiger charge is -2.35. The van der Waals surface area contributed by atoms with E-state index in [1.165, 1.54) is 6.33 Å². The van der Waals surface area contributed by atoms with E-state index >= 15 is 0 Å². The van der Waals surface area contributed by atoms with Crippen LogP contribution in [0.3, 0.4) is 0 Å². The third kappa shape index (κ3) is 5.02. The zero-order valence-electron chi connectivity index (χ0n) is 16.9. The molecule has 154 valence electrons. The van der Waals surface area contributed by atoms with E-state index in [1.54, 1.807) is 6.20 Å². The highest BCUT2D eigenvalue weighted by atomic mass is 16.5. The number of aromatic nitrogens is 3. The molecule has 1 N–H and O–H groups in total. The Hall–Kier alpha value is -3.68. The molecule has 0 bridgehead atoms. The second kappa shape index (κ2) is 9.21. The lowest BCUT2D eigenvalue weighted by Crippen LogP contribution is -2.50. The zero-order valence-corrected chi connectivity index (χ0v) is 16.9. The number of carbonyl (C=O) groups is 1. The number of pyridine rings is 1. The number of nitrogens with one attached hydrogen (secondary N) is 1. The number of hydrogen-bond acceptors (Lipinski definition) is 7. The summed E-state index contributed by atoms with van der Waals surface area (Å²) in [6, 6.07) is 15.3. The van der Waals surface area contributed by atoms with Crippen LogP contribution in [-0.4, -0.2) is 58.5 Å². The van der Waals surface area contributed by atoms with Gasteiger partial charge in [0.2, 0.25) is 0 Å². The third-order valence-corrected chi connectivity index (χ3v) is 4.91. The first kappa shape index (κ1) is 19.6. The fourth-order valence-electron chi connectivity index (χ4n) is 3.21. The van der Waals surface area contributed by atoms with Crippen molar-refractivity contribution in [2.75, 3.05) is 43.0 Å². The molecule has 0 radical (unpaired) electrons. The number of carbonyl (C=O) groups excluding carboxylic acids is 1. The van der Waals surface area contributed by atoms with Crippen molar-refractivity contribution in [3.8, 4) is 5.75 Å². The largest absolute Gasteiger partial charge is 0.484 e. The number of nitrogens with zero attached hydrogens (tertiary/aromatic N) is 5. The van der Waals surface area contributed by atoms with Crippen LogP contribution in [0.15, 0.2) is 61.1 Å². The van der Waals surface area contributed by atoms with Crippen molar-refractivity contribution in [2.24, 2.45) is 0 Å². The quantitative estimate of drug-likeness (QED) is 0.676. The van der Waals surface area contributed by atoms with E-state index in [0.717, 1.165) is 17.2 Å². The highest BCUT2D eigenvalue weighted by Crippen LogP contribution is 2.19. The summed E-state index contributed by atoms with van der Waals surface area (Å²) in [5, 5.41) is 3.18. The van der Waals surface area contributed by atoms with Crippen LogP contribution >= 0.6 is 0 Å². The predicted molar refractivity (Wildman–Crippen MR) is 115 cm³/mol. The highest BCUT2D eigenvalue weighted by Gasteiger charge is 2.22. The van der Waals surface area contributed by atoms with Crippen molar-refractivity contribution < 1.29 is 9.53 Å². The topological polar surface area (TPSA) is 83.5 Å². The van der Waals surface area contributed by atoms with Crippen LogP contribution in [0.4, 0.5) is 17.5 Å². The van der Waals surface area contributed by atoms with Crippen LogP contribution in [0.1, 0.15) is 5.56 Å². The summed E-state index contributed by atoms with van der Waals surface area (Å²) < 4.78 is 5.62. The van der Waals surface area contributed by atoms with E-state index in [4.69, 9.17) is 4.74 Å². The number of ether oxygens (including phenoxy) is 1. The first-order chi connectivity index (χ1) is 14.7. The number of amides is 1. The minimum atomic E-state index is -0.00424. The van der Waals surface area contributed by atoms with Crippen LogP contribution < -0.4 is 15.0 Å². The molecule has 0 saturated carbocycles. The molecular formula is C22H24N6O2. The Morgan fingerprint density at radius 2 is 1.80 bits per heavy atom. The van der Waals surface area contributed by atoms with E-state index in [0.29, 0.717) is 37.7 Å². The van der Waals surface area contributed by atoms with Crippen molar-refractivity contribution in [1.29, 1.82) is 0 Å². The predicted octanol–water partition coefficient (Wildman–Crippen LogP) is 2.65. The van der Waals surface area contributed by atoms with Gasteiger partial charge in [0, 0.05) is 38.4 Å². The van der Waals surface area contributed by atoms with Gasteiger partial charge in [-0.2, -0.15) is 0 Å². The van der Waals surface area contributed by atoms with Gasteiger partial charge < -0.3 is 19.9 Å². The van der Waals surface area contributed by atoms with E-state index in [9.17, 15) is 4.79 Å². The number of aryl methyl sites for hydroxylation is 1. The van der Waals surface area contributed by atoms with Crippen molar-refractivity contribution in [3.05, 3.63) is 66.6 Å². The molecule has 1 aliphatic heterocycles. The maximum absolute atomic E-state index is 12.5. The molecule has 2 aromatic heterocycles. The van der Waals surface area contributed by atoms with Gasteiger partial charge in [-0.1, -0.05) is 23.8 Å². The second-order valence-corrected chi connectivity index (χ2v) is 7.07. The number of piperazine rings is 1. The molecule has 0 spiro atoms. The summed E-state index contributed by atoms with van der Waals surface area (Å²) in [4.78, 5) is 29.4. The van der Waals surface area contributed by atoms with Gasteiger partial charge in [0.15, 0.2) is 6.61 Å². The van der Waals surface area contributed by atoms with Gasteiger partial charge in [-0.3, -0.25) is 4.79 Å². The maximum Gasteiger partial charge on any atom is 0.260 e. The van der Waals surface area contributed by atoms with Gasteiger partial charge in [-0.25, -0.2) is 15.0 Å². The van der Waals surface area contributed by atoms with E-state index in [2.05, 4.69) is 25.2 Å². The van der Waals surface area contributed by atoms with Crippen molar-refractivity contribution in [1.82, 2.24) is 19.9 Å². The second-order valence-electron chi connectivity index (χ2n) is 7.07. The van der Waals surface area contributed by atoms with Gasteiger partial charge in [-0.05, 0) is 31.2 Å². The minimum absolute atomic E-state index is 0.00424. The molecule has 8 heteroatoms.